The number of carbonyl (C=O) groups excluding carboxylic acids is 2. The van der Waals surface area contributed by atoms with Gasteiger partial charge in [0, 0.05) is 12.1 Å². The van der Waals surface area contributed by atoms with Gasteiger partial charge in [0.05, 0.1) is 37.8 Å². The number of amides is 2. The zero-order valence-electron chi connectivity index (χ0n) is 18.9. The van der Waals surface area contributed by atoms with Crippen LogP contribution in [0.4, 0.5) is 15.8 Å². The Hall–Kier alpha value is -4.33. The number of halogens is 1. The normalized spacial score (nSPS) is 13.4. The van der Waals surface area contributed by atoms with Gasteiger partial charge < -0.3 is 19.5 Å². The fourth-order valence-electron chi connectivity index (χ4n) is 3.69. The molecule has 1 N–H and O–H groups in total. The van der Waals surface area contributed by atoms with Crippen LogP contribution in [0.3, 0.4) is 0 Å². The van der Waals surface area contributed by atoms with Crippen molar-refractivity contribution < 1.29 is 28.2 Å². The van der Waals surface area contributed by atoms with E-state index in [2.05, 4.69) is 5.32 Å². The Balaban J connectivity index is 1.83. The molecule has 3 aromatic rings. The summed E-state index contributed by atoms with van der Waals surface area (Å²) in [5, 5.41) is 3.06. The van der Waals surface area contributed by atoms with Crippen LogP contribution in [0.5, 0.6) is 17.2 Å². The van der Waals surface area contributed by atoms with Gasteiger partial charge in [0.25, 0.3) is 11.8 Å². The number of methoxy groups -OCH3 is 2. The molecular weight excluding hydrogens is 439 g/mol. The second-order valence-corrected chi connectivity index (χ2v) is 7.32. The average molecular weight is 462 g/mol. The van der Waals surface area contributed by atoms with Crippen LogP contribution in [0.25, 0.3) is 5.57 Å². The Morgan fingerprint density at radius 3 is 2.32 bits per heavy atom. The van der Waals surface area contributed by atoms with Crippen LogP contribution < -0.4 is 24.4 Å². The third-order valence-corrected chi connectivity index (χ3v) is 5.27. The molecule has 0 saturated carbocycles. The van der Waals surface area contributed by atoms with E-state index in [1.165, 1.54) is 38.5 Å². The fraction of sp³-hybridized carbons (Fsp3) is 0.154. The molecule has 3 aromatic carbocycles. The molecule has 0 atom stereocenters. The van der Waals surface area contributed by atoms with Crippen molar-refractivity contribution in [2.75, 3.05) is 31.0 Å². The number of nitrogens with one attached hydrogen (secondary N) is 1. The molecule has 0 aromatic heterocycles. The first-order chi connectivity index (χ1) is 16.5. The Morgan fingerprint density at radius 2 is 1.65 bits per heavy atom. The zero-order valence-corrected chi connectivity index (χ0v) is 18.9. The first-order valence-electron chi connectivity index (χ1n) is 10.6. The van der Waals surface area contributed by atoms with Gasteiger partial charge in [-0.1, -0.05) is 18.2 Å². The van der Waals surface area contributed by atoms with Crippen molar-refractivity contribution in [2.24, 2.45) is 0 Å². The smallest absolute Gasteiger partial charge is 0.282 e. The van der Waals surface area contributed by atoms with Gasteiger partial charge in [-0.05, 0) is 48.9 Å². The number of hydrogen-bond acceptors (Lipinski definition) is 6. The third-order valence-electron chi connectivity index (χ3n) is 5.27. The van der Waals surface area contributed by atoms with Crippen LogP contribution in [0.2, 0.25) is 0 Å². The molecule has 174 valence electrons. The monoisotopic (exact) mass is 462 g/mol. The minimum atomic E-state index is -0.567. The number of carbonyl (C=O) groups is 2. The van der Waals surface area contributed by atoms with Gasteiger partial charge in [0.15, 0.2) is 0 Å². The molecule has 1 aliphatic rings. The number of anilines is 2. The molecule has 34 heavy (non-hydrogen) atoms. The van der Waals surface area contributed by atoms with Gasteiger partial charge in [0.2, 0.25) is 0 Å². The molecule has 0 unspecified atom stereocenters. The zero-order chi connectivity index (χ0) is 24.2. The summed E-state index contributed by atoms with van der Waals surface area (Å²) in [6.45, 7) is 2.28. The summed E-state index contributed by atoms with van der Waals surface area (Å²) in [6.07, 6.45) is 0. The lowest BCUT2D eigenvalue weighted by Gasteiger charge is -2.17. The van der Waals surface area contributed by atoms with E-state index in [9.17, 15) is 14.0 Å². The third kappa shape index (κ3) is 4.30. The molecule has 0 radical (unpaired) electrons. The van der Waals surface area contributed by atoms with Gasteiger partial charge in [-0.25, -0.2) is 9.29 Å². The molecule has 0 bridgehead atoms. The van der Waals surface area contributed by atoms with Crippen LogP contribution in [0.1, 0.15) is 12.5 Å². The summed E-state index contributed by atoms with van der Waals surface area (Å²) in [7, 11) is 3.02. The highest BCUT2D eigenvalue weighted by Gasteiger charge is 2.40. The standard InChI is InChI=1S/C26H23FN2O5/c1-4-34-20-7-5-6-18(14-20)29-25(30)23(16-8-10-17(27)11-9-16)24(26(29)31)28-21-15-19(32-2)12-13-22(21)33-3/h5-15,28H,4H2,1-3H3. The van der Waals surface area contributed by atoms with Crippen LogP contribution in [-0.2, 0) is 9.59 Å². The lowest BCUT2D eigenvalue weighted by Crippen LogP contribution is -2.32. The maximum Gasteiger partial charge on any atom is 0.282 e. The number of benzene rings is 3. The van der Waals surface area contributed by atoms with Crippen LogP contribution >= 0.6 is 0 Å². The van der Waals surface area contributed by atoms with E-state index in [0.717, 1.165) is 4.90 Å². The van der Waals surface area contributed by atoms with E-state index in [0.29, 0.717) is 40.8 Å². The fourth-order valence-corrected chi connectivity index (χ4v) is 3.69. The molecule has 1 heterocycles. The molecule has 2 amide bonds. The maximum absolute atomic E-state index is 13.6. The van der Waals surface area contributed by atoms with E-state index in [4.69, 9.17) is 14.2 Å². The summed E-state index contributed by atoms with van der Waals surface area (Å²) in [5.41, 5.74) is 1.33. The highest BCUT2D eigenvalue weighted by Crippen LogP contribution is 2.37. The molecular formula is C26H23FN2O5. The lowest BCUT2D eigenvalue weighted by molar-refractivity contribution is -0.120. The molecule has 1 aliphatic heterocycles. The van der Waals surface area contributed by atoms with E-state index >= 15 is 0 Å². The molecule has 8 heteroatoms. The SMILES string of the molecule is CCOc1cccc(N2C(=O)C(Nc3cc(OC)ccc3OC)=C(c3ccc(F)cc3)C2=O)c1. The van der Waals surface area contributed by atoms with Gasteiger partial charge in [-0.15, -0.1) is 0 Å². The highest BCUT2D eigenvalue weighted by molar-refractivity contribution is 6.46. The van der Waals surface area contributed by atoms with Crippen molar-refractivity contribution >= 4 is 28.8 Å². The first kappa shape index (κ1) is 22.8. The lowest BCUT2D eigenvalue weighted by atomic mass is 10.0. The number of ether oxygens (including phenoxy) is 3. The van der Waals surface area contributed by atoms with E-state index < -0.39 is 17.6 Å². The summed E-state index contributed by atoms with van der Waals surface area (Å²) >= 11 is 0. The largest absolute Gasteiger partial charge is 0.497 e. The predicted molar refractivity (Wildman–Crippen MR) is 127 cm³/mol. The Morgan fingerprint density at radius 1 is 0.882 bits per heavy atom. The van der Waals surface area contributed by atoms with E-state index in [1.54, 1.807) is 42.5 Å². The molecule has 0 fully saturated rings. The molecule has 0 aliphatic carbocycles. The second-order valence-electron chi connectivity index (χ2n) is 7.32. The van der Waals surface area contributed by atoms with Crippen molar-refractivity contribution in [3.63, 3.8) is 0 Å². The van der Waals surface area contributed by atoms with E-state index in [1.807, 2.05) is 6.92 Å². The molecule has 7 nitrogen and oxygen atoms in total. The van der Waals surface area contributed by atoms with Crippen LogP contribution in [-0.4, -0.2) is 32.6 Å². The van der Waals surface area contributed by atoms with Crippen molar-refractivity contribution in [2.45, 2.75) is 6.92 Å². The van der Waals surface area contributed by atoms with Gasteiger partial charge in [-0.3, -0.25) is 9.59 Å². The minimum Gasteiger partial charge on any atom is -0.497 e. The number of rotatable bonds is 8. The number of nitrogens with zero attached hydrogens (tertiary/aromatic N) is 1. The second kappa shape index (κ2) is 9.66. The number of imide groups is 1. The van der Waals surface area contributed by atoms with Crippen LogP contribution in [0.15, 0.2) is 72.4 Å². The minimum absolute atomic E-state index is 0.0324. The topological polar surface area (TPSA) is 77.1 Å². The van der Waals surface area contributed by atoms with Crippen LogP contribution in [0, 0.1) is 5.82 Å². The molecule has 0 spiro atoms. The summed E-state index contributed by atoms with van der Waals surface area (Å²) in [5.74, 6) is -0.0577. The van der Waals surface area contributed by atoms with Gasteiger partial charge >= 0.3 is 0 Å². The average Bonchev–Trinajstić information content (AvgIpc) is 3.09. The predicted octanol–water partition coefficient (Wildman–Crippen LogP) is 4.64. The van der Waals surface area contributed by atoms with Crippen molar-refractivity contribution in [3.8, 4) is 17.2 Å². The number of hydrogen-bond donors (Lipinski definition) is 1. The van der Waals surface area contributed by atoms with E-state index in [-0.39, 0.29) is 11.3 Å². The van der Waals surface area contributed by atoms with Gasteiger partial charge in [-0.2, -0.15) is 0 Å². The molecule has 0 saturated heterocycles. The first-order valence-corrected chi connectivity index (χ1v) is 10.6. The Labute approximate surface area is 196 Å². The van der Waals surface area contributed by atoms with Crippen molar-refractivity contribution in [1.29, 1.82) is 0 Å². The summed E-state index contributed by atoms with van der Waals surface area (Å²) in [4.78, 5) is 28.2. The molecule has 4 rings (SSSR count). The summed E-state index contributed by atoms with van der Waals surface area (Å²) in [6, 6.07) is 17.2. The quantitative estimate of drug-likeness (QED) is 0.492. The van der Waals surface area contributed by atoms with Crippen molar-refractivity contribution in [3.05, 3.63) is 83.8 Å². The Bertz CT molecular complexity index is 1270. The van der Waals surface area contributed by atoms with Crippen molar-refractivity contribution in [1.82, 2.24) is 0 Å². The summed E-state index contributed by atoms with van der Waals surface area (Å²) < 4.78 is 29.8. The highest BCUT2D eigenvalue weighted by atomic mass is 19.1. The maximum atomic E-state index is 13.6. The Kier molecular flexibility index (Phi) is 6.49. The van der Waals surface area contributed by atoms with Gasteiger partial charge in [0.1, 0.15) is 28.8 Å².